The summed E-state index contributed by atoms with van der Waals surface area (Å²) in [5.74, 6) is 0.816. The van der Waals surface area contributed by atoms with Crippen molar-refractivity contribution in [1.29, 1.82) is 0 Å². The number of carbonyl (C=O) groups is 1. The summed E-state index contributed by atoms with van der Waals surface area (Å²) in [7, 11) is 0. The Morgan fingerprint density at radius 2 is 1.82 bits per heavy atom. The van der Waals surface area contributed by atoms with E-state index in [0.29, 0.717) is 22.3 Å². The van der Waals surface area contributed by atoms with Gasteiger partial charge in [-0.05, 0) is 37.3 Å². The van der Waals surface area contributed by atoms with Crippen LogP contribution >= 0.6 is 23.2 Å². The first-order valence-corrected chi connectivity index (χ1v) is 10.2. The molecule has 0 radical (unpaired) electrons. The number of ether oxygens (including phenoxy) is 1. The Balaban J connectivity index is 1.42. The zero-order chi connectivity index (χ0) is 19.9. The fourth-order valence-electron chi connectivity index (χ4n) is 3.18. The molecule has 1 atom stereocenters. The van der Waals surface area contributed by atoms with E-state index in [9.17, 15) is 4.79 Å². The lowest BCUT2D eigenvalue weighted by atomic mass is 10.2. The van der Waals surface area contributed by atoms with Crippen LogP contribution in [-0.2, 0) is 4.79 Å². The molecule has 1 heterocycles. The van der Waals surface area contributed by atoms with Crippen LogP contribution < -0.4 is 10.1 Å². The summed E-state index contributed by atoms with van der Waals surface area (Å²) < 4.78 is 5.77. The van der Waals surface area contributed by atoms with Gasteiger partial charge in [-0.1, -0.05) is 41.4 Å². The van der Waals surface area contributed by atoms with Crippen LogP contribution in [0.3, 0.4) is 0 Å². The van der Waals surface area contributed by atoms with Gasteiger partial charge >= 0.3 is 0 Å². The lowest BCUT2D eigenvalue weighted by Gasteiger charge is -2.37. The molecule has 1 N–H and O–H groups in total. The molecule has 5 nitrogen and oxygen atoms in total. The smallest absolute Gasteiger partial charge is 0.241 e. The van der Waals surface area contributed by atoms with Crippen LogP contribution in [0.5, 0.6) is 5.75 Å². The van der Waals surface area contributed by atoms with Crippen LogP contribution in [0.4, 0.5) is 5.69 Å². The van der Waals surface area contributed by atoms with Crippen molar-refractivity contribution in [2.45, 2.75) is 13.0 Å². The summed E-state index contributed by atoms with van der Waals surface area (Å²) in [6.07, 6.45) is 0. The SMILES string of the molecule is C[C@@H](C(=O)Nc1cc(Cl)ccc1Cl)N1CCN(CCOc2ccccc2)CC1. The van der Waals surface area contributed by atoms with Crippen molar-refractivity contribution in [3.63, 3.8) is 0 Å². The highest BCUT2D eigenvalue weighted by atomic mass is 35.5. The van der Waals surface area contributed by atoms with Gasteiger partial charge < -0.3 is 10.1 Å². The number of halogens is 2. The van der Waals surface area contributed by atoms with Gasteiger partial charge in [0.1, 0.15) is 12.4 Å². The number of hydrogen-bond donors (Lipinski definition) is 1. The number of rotatable bonds is 7. The average molecular weight is 422 g/mol. The molecule has 0 aliphatic carbocycles. The van der Waals surface area contributed by atoms with Crippen molar-refractivity contribution in [1.82, 2.24) is 9.80 Å². The number of benzene rings is 2. The van der Waals surface area contributed by atoms with Gasteiger partial charge in [0.05, 0.1) is 16.8 Å². The van der Waals surface area contributed by atoms with E-state index in [-0.39, 0.29) is 11.9 Å². The maximum absolute atomic E-state index is 12.6. The Kier molecular flexibility index (Phi) is 7.57. The Labute approximate surface area is 176 Å². The van der Waals surface area contributed by atoms with Crippen LogP contribution in [0, 0.1) is 0 Å². The predicted octanol–water partition coefficient (Wildman–Crippen LogP) is 4.02. The molecule has 150 valence electrons. The Morgan fingerprint density at radius 1 is 1.11 bits per heavy atom. The molecule has 2 aromatic carbocycles. The lowest BCUT2D eigenvalue weighted by Crippen LogP contribution is -2.53. The van der Waals surface area contributed by atoms with Crippen molar-refractivity contribution in [2.75, 3.05) is 44.6 Å². The normalized spacial score (nSPS) is 16.5. The highest BCUT2D eigenvalue weighted by Gasteiger charge is 2.25. The summed E-state index contributed by atoms with van der Waals surface area (Å²) >= 11 is 12.1. The van der Waals surface area contributed by atoms with Crippen molar-refractivity contribution in [3.05, 3.63) is 58.6 Å². The van der Waals surface area contributed by atoms with E-state index in [4.69, 9.17) is 27.9 Å². The topological polar surface area (TPSA) is 44.8 Å². The minimum Gasteiger partial charge on any atom is -0.492 e. The summed E-state index contributed by atoms with van der Waals surface area (Å²) in [6.45, 7) is 6.95. The first kappa shape index (κ1) is 20.9. The van der Waals surface area contributed by atoms with Crippen LogP contribution in [0.1, 0.15) is 6.92 Å². The number of piperazine rings is 1. The van der Waals surface area contributed by atoms with Crippen LogP contribution in [0.25, 0.3) is 0 Å². The number of hydrogen-bond acceptors (Lipinski definition) is 4. The van der Waals surface area contributed by atoms with E-state index in [1.165, 1.54) is 0 Å². The lowest BCUT2D eigenvalue weighted by molar-refractivity contribution is -0.121. The number of nitrogens with zero attached hydrogens (tertiary/aromatic N) is 2. The molecule has 1 saturated heterocycles. The molecule has 7 heteroatoms. The third kappa shape index (κ3) is 5.85. The van der Waals surface area contributed by atoms with Crippen LogP contribution in [0.2, 0.25) is 10.0 Å². The second-order valence-electron chi connectivity index (χ2n) is 6.83. The van der Waals surface area contributed by atoms with Crippen LogP contribution in [-0.4, -0.2) is 61.1 Å². The monoisotopic (exact) mass is 421 g/mol. The van der Waals surface area contributed by atoms with Gasteiger partial charge in [0.25, 0.3) is 0 Å². The maximum atomic E-state index is 12.6. The molecule has 0 unspecified atom stereocenters. The van der Waals surface area contributed by atoms with E-state index >= 15 is 0 Å². The molecule has 0 spiro atoms. The van der Waals surface area contributed by atoms with Gasteiger partial charge in [-0.15, -0.1) is 0 Å². The molecule has 28 heavy (non-hydrogen) atoms. The summed E-state index contributed by atoms with van der Waals surface area (Å²) in [5.41, 5.74) is 0.544. The van der Waals surface area contributed by atoms with E-state index in [1.54, 1.807) is 18.2 Å². The minimum absolute atomic E-state index is 0.0787. The van der Waals surface area contributed by atoms with E-state index in [0.717, 1.165) is 38.5 Å². The molecule has 0 aromatic heterocycles. The van der Waals surface area contributed by atoms with Gasteiger partial charge in [0.15, 0.2) is 0 Å². The Hall–Kier alpha value is -1.79. The van der Waals surface area contributed by atoms with Gasteiger partial charge in [0.2, 0.25) is 5.91 Å². The summed E-state index contributed by atoms with van der Waals surface area (Å²) in [5, 5.41) is 3.90. The highest BCUT2D eigenvalue weighted by molar-refractivity contribution is 6.35. The first-order valence-electron chi connectivity index (χ1n) is 9.43. The first-order chi connectivity index (χ1) is 13.5. The average Bonchev–Trinajstić information content (AvgIpc) is 2.71. The second kappa shape index (κ2) is 10.1. The largest absolute Gasteiger partial charge is 0.492 e. The van der Waals surface area contributed by atoms with Crippen molar-refractivity contribution in [2.24, 2.45) is 0 Å². The molecular formula is C21H25Cl2N3O2. The van der Waals surface area contributed by atoms with E-state index in [1.807, 2.05) is 37.3 Å². The quantitative estimate of drug-likeness (QED) is 0.732. The third-order valence-corrected chi connectivity index (χ3v) is 5.50. The fraction of sp³-hybridized carbons (Fsp3) is 0.381. The second-order valence-corrected chi connectivity index (χ2v) is 7.67. The molecule has 1 aliphatic heterocycles. The fourth-order valence-corrected chi connectivity index (χ4v) is 3.52. The molecule has 1 aliphatic rings. The standard InChI is InChI=1S/C21H25Cl2N3O2/c1-16(21(27)24-20-15-17(22)7-8-19(20)23)26-11-9-25(10-12-26)13-14-28-18-5-3-2-4-6-18/h2-8,15-16H,9-14H2,1H3,(H,24,27)/t16-/m0/s1. The van der Waals surface area contributed by atoms with Gasteiger partial charge in [-0.25, -0.2) is 0 Å². The third-order valence-electron chi connectivity index (χ3n) is 4.94. The number of amides is 1. The van der Waals surface area contributed by atoms with Crippen LogP contribution in [0.15, 0.2) is 48.5 Å². The number of carbonyl (C=O) groups excluding carboxylic acids is 1. The van der Waals surface area contributed by atoms with Crippen molar-refractivity contribution < 1.29 is 9.53 Å². The number of anilines is 1. The predicted molar refractivity (Wildman–Crippen MR) is 115 cm³/mol. The maximum Gasteiger partial charge on any atom is 0.241 e. The van der Waals surface area contributed by atoms with Gasteiger partial charge in [-0.3, -0.25) is 14.6 Å². The molecule has 1 fully saturated rings. The molecule has 1 amide bonds. The van der Waals surface area contributed by atoms with Gasteiger partial charge in [0, 0.05) is 37.7 Å². The highest BCUT2D eigenvalue weighted by Crippen LogP contribution is 2.25. The summed E-state index contributed by atoms with van der Waals surface area (Å²) in [4.78, 5) is 17.1. The van der Waals surface area contributed by atoms with Crippen molar-refractivity contribution in [3.8, 4) is 5.75 Å². The number of para-hydroxylation sites is 1. The van der Waals surface area contributed by atoms with E-state index < -0.39 is 0 Å². The molecule has 0 bridgehead atoms. The Morgan fingerprint density at radius 3 is 2.54 bits per heavy atom. The van der Waals surface area contributed by atoms with E-state index in [2.05, 4.69) is 15.1 Å². The summed E-state index contributed by atoms with van der Waals surface area (Å²) in [6, 6.07) is 14.6. The molecule has 3 rings (SSSR count). The van der Waals surface area contributed by atoms with Gasteiger partial charge in [-0.2, -0.15) is 0 Å². The zero-order valence-electron chi connectivity index (χ0n) is 15.9. The molecule has 2 aromatic rings. The molecule has 0 saturated carbocycles. The molecular weight excluding hydrogens is 397 g/mol. The number of nitrogens with one attached hydrogen (secondary N) is 1. The minimum atomic E-state index is -0.238. The zero-order valence-corrected chi connectivity index (χ0v) is 17.4. The Bertz CT molecular complexity index is 780. The van der Waals surface area contributed by atoms with Crippen molar-refractivity contribution >= 4 is 34.8 Å².